The molecule has 0 radical (unpaired) electrons. The molecule has 1 fully saturated rings. The molecule has 1 aliphatic heterocycles. The molecule has 82 valence electrons. The Morgan fingerprint density at radius 1 is 1.79 bits per heavy atom. The third kappa shape index (κ3) is 2.94. The van der Waals surface area contributed by atoms with Gasteiger partial charge in [-0.25, -0.2) is 0 Å². The summed E-state index contributed by atoms with van der Waals surface area (Å²) in [6, 6.07) is -0.527. The first-order valence-electron chi connectivity index (χ1n) is 4.72. The van der Waals surface area contributed by atoms with Crippen molar-refractivity contribution in [2.45, 2.75) is 19.1 Å². The Hall–Kier alpha value is -0.650. The average molecular weight is 203 g/mol. The zero-order chi connectivity index (χ0) is 10.6. The fourth-order valence-corrected chi connectivity index (χ4v) is 1.49. The second kappa shape index (κ2) is 5.29. The van der Waals surface area contributed by atoms with Gasteiger partial charge in [0.15, 0.2) is 0 Å². The lowest BCUT2D eigenvalue weighted by Crippen LogP contribution is -2.52. The molecule has 0 aliphatic carbocycles. The van der Waals surface area contributed by atoms with Gasteiger partial charge in [-0.15, -0.1) is 0 Å². The summed E-state index contributed by atoms with van der Waals surface area (Å²) in [5, 5.41) is 8.93. The Morgan fingerprint density at radius 3 is 3.07 bits per heavy atom. The van der Waals surface area contributed by atoms with Crippen LogP contribution in [0.1, 0.15) is 6.92 Å². The van der Waals surface area contributed by atoms with Crippen LogP contribution < -0.4 is 0 Å². The van der Waals surface area contributed by atoms with Crippen molar-refractivity contribution in [1.82, 2.24) is 4.90 Å². The number of aliphatic carboxylic acids is 1. The van der Waals surface area contributed by atoms with Crippen molar-refractivity contribution in [2.75, 3.05) is 33.4 Å². The summed E-state index contributed by atoms with van der Waals surface area (Å²) in [5.41, 5.74) is 0. The van der Waals surface area contributed by atoms with E-state index in [1.165, 1.54) is 0 Å². The highest BCUT2D eigenvalue weighted by molar-refractivity contribution is 5.73. The van der Waals surface area contributed by atoms with Gasteiger partial charge < -0.3 is 14.6 Å². The maximum absolute atomic E-state index is 10.9. The Kier molecular flexibility index (Phi) is 4.31. The molecule has 1 heterocycles. The molecule has 1 saturated heterocycles. The highest BCUT2D eigenvalue weighted by Crippen LogP contribution is 2.08. The number of rotatable bonds is 4. The summed E-state index contributed by atoms with van der Waals surface area (Å²) in [6.07, 6.45) is 0.0509. The Balaban J connectivity index is 2.49. The normalized spacial score (nSPS) is 26.0. The van der Waals surface area contributed by atoms with Crippen molar-refractivity contribution < 1.29 is 19.4 Å². The van der Waals surface area contributed by atoms with Crippen LogP contribution in [-0.2, 0) is 14.3 Å². The molecule has 0 bridgehead atoms. The maximum atomic E-state index is 10.9. The molecule has 0 aromatic heterocycles. The van der Waals surface area contributed by atoms with Gasteiger partial charge in [-0.3, -0.25) is 9.69 Å². The largest absolute Gasteiger partial charge is 0.480 e. The number of hydrogen-bond donors (Lipinski definition) is 1. The molecule has 0 spiro atoms. The highest BCUT2D eigenvalue weighted by Gasteiger charge is 2.29. The molecule has 0 amide bonds. The van der Waals surface area contributed by atoms with Gasteiger partial charge in [0.1, 0.15) is 6.04 Å². The number of methoxy groups -OCH3 is 1. The number of carbonyl (C=O) groups is 1. The van der Waals surface area contributed by atoms with E-state index in [4.69, 9.17) is 14.6 Å². The predicted octanol–water partition coefficient (Wildman–Crippen LogP) is -0.193. The molecule has 1 rings (SSSR count). The van der Waals surface area contributed by atoms with Gasteiger partial charge in [-0.05, 0) is 6.92 Å². The molecule has 0 aromatic carbocycles. The van der Waals surface area contributed by atoms with Crippen LogP contribution in [0.2, 0.25) is 0 Å². The minimum absolute atomic E-state index is 0.0509. The van der Waals surface area contributed by atoms with Crippen LogP contribution in [0.15, 0.2) is 0 Å². The van der Waals surface area contributed by atoms with E-state index in [9.17, 15) is 4.79 Å². The van der Waals surface area contributed by atoms with Crippen molar-refractivity contribution in [3.63, 3.8) is 0 Å². The quantitative estimate of drug-likeness (QED) is 0.686. The van der Waals surface area contributed by atoms with Crippen LogP contribution in [0, 0.1) is 0 Å². The number of ether oxygens (including phenoxy) is 2. The second-order valence-corrected chi connectivity index (χ2v) is 3.47. The fraction of sp³-hybridized carbons (Fsp3) is 0.889. The van der Waals surface area contributed by atoms with Crippen molar-refractivity contribution in [1.29, 1.82) is 0 Å². The Bertz CT molecular complexity index is 197. The highest BCUT2D eigenvalue weighted by atomic mass is 16.5. The minimum Gasteiger partial charge on any atom is -0.480 e. The molecular formula is C9H17NO4. The summed E-state index contributed by atoms with van der Waals surface area (Å²) in [4.78, 5) is 12.8. The lowest BCUT2D eigenvalue weighted by atomic mass is 10.2. The molecule has 0 aromatic rings. The van der Waals surface area contributed by atoms with Gasteiger partial charge in [0.25, 0.3) is 0 Å². The van der Waals surface area contributed by atoms with Crippen LogP contribution >= 0.6 is 0 Å². The maximum Gasteiger partial charge on any atom is 0.323 e. The molecule has 2 atom stereocenters. The van der Waals surface area contributed by atoms with Crippen LogP contribution in [0.25, 0.3) is 0 Å². The summed E-state index contributed by atoms with van der Waals surface area (Å²) < 4.78 is 10.2. The van der Waals surface area contributed by atoms with E-state index in [2.05, 4.69) is 0 Å². The van der Waals surface area contributed by atoms with Crippen molar-refractivity contribution in [2.24, 2.45) is 0 Å². The third-order valence-corrected chi connectivity index (χ3v) is 2.42. The van der Waals surface area contributed by atoms with E-state index in [1.807, 2.05) is 11.8 Å². The van der Waals surface area contributed by atoms with Crippen LogP contribution in [-0.4, -0.2) is 61.5 Å². The van der Waals surface area contributed by atoms with Gasteiger partial charge in [-0.1, -0.05) is 0 Å². The zero-order valence-electron chi connectivity index (χ0n) is 8.60. The molecule has 2 unspecified atom stereocenters. The Labute approximate surface area is 83.6 Å². The predicted molar refractivity (Wildman–Crippen MR) is 50.3 cm³/mol. The van der Waals surface area contributed by atoms with Crippen LogP contribution in [0.5, 0.6) is 0 Å². The fourth-order valence-electron chi connectivity index (χ4n) is 1.49. The van der Waals surface area contributed by atoms with E-state index in [1.54, 1.807) is 7.11 Å². The molecule has 5 heteroatoms. The van der Waals surface area contributed by atoms with Gasteiger partial charge >= 0.3 is 5.97 Å². The molecule has 0 saturated carbocycles. The second-order valence-electron chi connectivity index (χ2n) is 3.47. The Morgan fingerprint density at radius 2 is 2.50 bits per heavy atom. The van der Waals surface area contributed by atoms with Crippen molar-refractivity contribution >= 4 is 5.97 Å². The smallest absolute Gasteiger partial charge is 0.323 e. The minimum atomic E-state index is -0.826. The van der Waals surface area contributed by atoms with E-state index in [-0.39, 0.29) is 12.7 Å². The summed E-state index contributed by atoms with van der Waals surface area (Å²) >= 11 is 0. The third-order valence-electron chi connectivity index (χ3n) is 2.42. The topological polar surface area (TPSA) is 59.0 Å². The molecule has 1 N–H and O–H groups in total. The van der Waals surface area contributed by atoms with Gasteiger partial charge in [0.2, 0.25) is 0 Å². The number of morpholine rings is 1. The first-order valence-corrected chi connectivity index (χ1v) is 4.72. The molecule has 14 heavy (non-hydrogen) atoms. The first kappa shape index (κ1) is 11.4. The van der Waals surface area contributed by atoms with Gasteiger partial charge in [-0.2, -0.15) is 0 Å². The lowest BCUT2D eigenvalue weighted by molar-refractivity contribution is -0.150. The number of nitrogens with zero attached hydrogens (tertiary/aromatic N) is 1. The molecule has 5 nitrogen and oxygen atoms in total. The first-order chi connectivity index (χ1) is 6.65. The molecule has 1 aliphatic rings. The standard InChI is InChI=1S/C9H17NO4/c1-7(13-2)5-10-3-4-14-6-8(10)9(11)12/h7-8H,3-6H2,1-2H3,(H,11,12). The van der Waals surface area contributed by atoms with Crippen molar-refractivity contribution in [3.8, 4) is 0 Å². The van der Waals surface area contributed by atoms with E-state index in [0.29, 0.717) is 19.7 Å². The van der Waals surface area contributed by atoms with Crippen LogP contribution in [0.3, 0.4) is 0 Å². The number of hydrogen-bond acceptors (Lipinski definition) is 4. The number of carboxylic acid groups (broad SMARTS) is 1. The van der Waals surface area contributed by atoms with E-state index in [0.717, 1.165) is 0 Å². The zero-order valence-corrected chi connectivity index (χ0v) is 8.60. The SMILES string of the molecule is COC(C)CN1CCOCC1C(=O)O. The number of carboxylic acids is 1. The summed E-state index contributed by atoms with van der Waals surface area (Å²) in [6.45, 7) is 4.09. The van der Waals surface area contributed by atoms with E-state index < -0.39 is 12.0 Å². The molecular weight excluding hydrogens is 186 g/mol. The monoisotopic (exact) mass is 203 g/mol. The summed E-state index contributed by atoms with van der Waals surface area (Å²) in [7, 11) is 1.63. The van der Waals surface area contributed by atoms with E-state index >= 15 is 0 Å². The van der Waals surface area contributed by atoms with Crippen molar-refractivity contribution in [3.05, 3.63) is 0 Å². The lowest BCUT2D eigenvalue weighted by Gasteiger charge is -2.34. The summed E-state index contributed by atoms with van der Waals surface area (Å²) in [5.74, 6) is -0.826. The van der Waals surface area contributed by atoms with Gasteiger partial charge in [0, 0.05) is 20.2 Å². The van der Waals surface area contributed by atoms with Gasteiger partial charge in [0.05, 0.1) is 19.3 Å². The average Bonchev–Trinajstić information content (AvgIpc) is 2.18. The van der Waals surface area contributed by atoms with Crippen LogP contribution in [0.4, 0.5) is 0 Å².